The molecule has 0 saturated carbocycles. The first-order chi connectivity index (χ1) is 23.0. The van der Waals surface area contributed by atoms with E-state index in [2.05, 4.69) is 20.7 Å². The number of carboxylic acid groups (broad SMARTS) is 2. The number of esters is 1. The van der Waals surface area contributed by atoms with Gasteiger partial charge in [0.1, 0.15) is 31.3 Å². The minimum Gasteiger partial charge on any atom is -0.481 e. The molecule has 0 aliphatic heterocycles. The van der Waals surface area contributed by atoms with E-state index in [0.717, 1.165) is 6.92 Å². The summed E-state index contributed by atoms with van der Waals surface area (Å²) in [5.74, 6) is -8.38. The molecule has 1 rings (SSSR count). The van der Waals surface area contributed by atoms with E-state index in [1.54, 1.807) is 44.2 Å². The van der Waals surface area contributed by atoms with Crippen LogP contribution in [-0.2, 0) is 49.6 Å². The van der Waals surface area contributed by atoms with Gasteiger partial charge in [0.05, 0.1) is 12.7 Å². The van der Waals surface area contributed by atoms with Crippen molar-refractivity contribution in [3.05, 3.63) is 48.0 Å². The predicted octanol–water partition coefficient (Wildman–Crippen LogP) is -0.394. The number of aliphatic hydroxyl groups excluding tert-OH is 1. The molecule has 49 heavy (non-hydrogen) atoms. The van der Waals surface area contributed by atoms with Crippen LogP contribution in [0.2, 0.25) is 0 Å². The van der Waals surface area contributed by atoms with Crippen molar-refractivity contribution in [1.29, 1.82) is 0 Å². The summed E-state index contributed by atoms with van der Waals surface area (Å²) in [4.78, 5) is 98.9. The summed E-state index contributed by atoms with van der Waals surface area (Å²) >= 11 is 0. The number of aliphatic carboxylic acids is 2. The van der Waals surface area contributed by atoms with Gasteiger partial charge in [0.2, 0.25) is 11.8 Å². The summed E-state index contributed by atoms with van der Waals surface area (Å²) in [7, 11) is 0. The molecule has 18 nitrogen and oxygen atoms in total. The van der Waals surface area contributed by atoms with E-state index in [1.807, 2.05) is 5.43 Å². The van der Waals surface area contributed by atoms with Crippen LogP contribution in [-0.4, -0.2) is 105 Å². The molecule has 7 N–H and O–H groups in total. The lowest BCUT2D eigenvalue weighted by molar-refractivity contribution is -0.149. The summed E-state index contributed by atoms with van der Waals surface area (Å²) in [5, 5.41) is 36.0. The van der Waals surface area contributed by atoms with Gasteiger partial charge in [0.15, 0.2) is 0 Å². The van der Waals surface area contributed by atoms with Crippen molar-refractivity contribution in [2.75, 3.05) is 13.2 Å². The highest BCUT2D eigenvalue weighted by molar-refractivity contribution is 5.98. The maximum atomic E-state index is 13.3. The van der Waals surface area contributed by atoms with E-state index in [0.29, 0.717) is 22.7 Å². The Kier molecular flexibility index (Phi) is 18.1. The van der Waals surface area contributed by atoms with Crippen molar-refractivity contribution in [3.8, 4) is 0 Å². The topological polar surface area (TPSA) is 267 Å². The monoisotopic (exact) mass is 693 g/mol. The van der Waals surface area contributed by atoms with Gasteiger partial charge in [-0.25, -0.2) is 14.6 Å². The molecular weight excluding hydrogens is 650 g/mol. The first-order valence-electron chi connectivity index (χ1n) is 15.2. The highest BCUT2D eigenvalue weighted by Crippen LogP contribution is 2.09. The summed E-state index contributed by atoms with van der Waals surface area (Å²) < 4.78 is 9.82. The normalized spacial score (nSPS) is 13.3. The molecule has 0 aliphatic rings. The minimum atomic E-state index is -1.85. The zero-order chi connectivity index (χ0) is 37.1. The fourth-order valence-corrected chi connectivity index (χ4v) is 4.01. The molecule has 0 bridgehead atoms. The number of carbonyl (C=O) groups excluding carboxylic acids is 6. The molecule has 1 aromatic rings. The molecule has 0 aromatic heterocycles. The van der Waals surface area contributed by atoms with Gasteiger partial charge in [0, 0.05) is 18.6 Å². The molecule has 4 atom stereocenters. The Bertz CT molecular complexity index is 1350. The van der Waals surface area contributed by atoms with Crippen molar-refractivity contribution in [2.45, 2.75) is 77.8 Å². The lowest BCUT2D eigenvalue weighted by atomic mass is 10.0. The second kappa shape index (κ2) is 21.4. The van der Waals surface area contributed by atoms with Crippen molar-refractivity contribution < 1.29 is 63.1 Å². The van der Waals surface area contributed by atoms with Crippen molar-refractivity contribution in [2.24, 2.45) is 5.92 Å². The van der Waals surface area contributed by atoms with E-state index in [-0.39, 0.29) is 25.6 Å². The van der Waals surface area contributed by atoms with Crippen LogP contribution in [0.3, 0.4) is 0 Å². The molecule has 270 valence electrons. The third-order valence-electron chi connectivity index (χ3n) is 6.32. The van der Waals surface area contributed by atoms with Crippen LogP contribution in [0.25, 0.3) is 0 Å². The zero-order valence-electron chi connectivity index (χ0n) is 27.5. The highest BCUT2D eigenvalue weighted by Gasteiger charge is 2.33. The molecule has 5 amide bonds. The zero-order valence-corrected chi connectivity index (χ0v) is 27.5. The standard InChI is InChI=1S/C31H43N5O13/c1-5-48-26(43)14-12-23(38)36(16-25(41)42)35-30(46)27(19(4)37)34-28(44)21(11-13-24(39)40)32-29(45)22(15-18(2)3)33-31(47)49-17-20-9-7-6-8-10-20/h6-10,12,14,18-19,21-22,27,37H,5,11,13,15-17H2,1-4H3,(H,32,45)(H,33,47)(H,34,44)(H,35,46)(H,39,40)(H,41,42)/b14-12-. The quantitative estimate of drug-likeness (QED) is 0.0553. The summed E-state index contributed by atoms with van der Waals surface area (Å²) in [6.45, 7) is 4.94. The average molecular weight is 694 g/mol. The molecule has 18 heteroatoms. The van der Waals surface area contributed by atoms with Gasteiger partial charge in [-0.15, -0.1) is 0 Å². The number of nitrogens with zero attached hydrogens (tertiary/aromatic N) is 1. The van der Waals surface area contributed by atoms with Crippen LogP contribution < -0.4 is 21.4 Å². The van der Waals surface area contributed by atoms with Gasteiger partial charge in [-0.1, -0.05) is 44.2 Å². The molecule has 4 unspecified atom stereocenters. The molecular formula is C31H43N5O13. The van der Waals surface area contributed by atoms with Crippen LogP contribution in [0.1, 0.15) is 52.5 Å². The van der Waals surface area contributed by atoms with Crippen LogP contribution in [0, 0.1) is 5.92 Å². The number of nitrogens with one attached hydrogen (secondary N) is 4. The maximum absolute atomic E-state index is 13.3. The Balaban J connectivity index is 3.13. The lowest BCUT2D eigenvalue weighted by Gasteiger charge is -2.28. The van der Waals surface area contributed by atoms with Crippen LogP contribution in [0.4, 0.5) is 4.79 Å². The van der Waals surface area contributed by atoms with Crippen molar-refractivity contribution >= 4 is 47.6 Å². The van der Waals surface area contributed by atoms with Gasteiger partial charge in [0.25, 0.3) is 11.8 Å². The fourth-order valence-electron chi connectivity index (χ4n) is 4.01. The van der Waals surface area contributed by atoms with Crippen LogP contribution in [0.5, 0.6) is 0 Å². The molecule has 0 saturated heterocycles. The van der Waals surface area contributed by atoms with E-state index in [4.69, 9.17) is 4.74 Å². The Hall–Kier alpha value is -5.52. The summed E-state index contributed by atoms with van der Waals surface area (Å²) in [5.41, 5.74) is 2.64. The van der Waals surface area contributed by atoms with Crippen LogP contribution in [0.15, 0.2) is 42.5 Å². The number of rotatable bonds is 19. The first-order valence-corrected chi connectivity index (χ1v) is 15.2. The van der Waals surface area contributed by atoms with Gasteiger partial charge in [-0.3, -0.25) is 34.2 Å². The van der Waals surface area contributed by atoms with E-state index >= 15 is 0 Å². The number of hydrogen-bond acceptors (Lipinski definition) is 11. The Labute approximate surface area is 282 Å². The molecule has 0 fully saturated rings. The number of aliphatic hydroxyl groups is 1. The third-order valence-corrected chi connectivity index (χ3v) is 6.32. The second-order valence-corrected chi connectivity index (χ2v) is 11.0. The third kappa shape index (κ3) is 16.7. The smallest absolute Gasteiger partial charge is 0.408 e. The Morgan fingerprint density at radius 2 is 1.45 bits per heavy atom. The molecule has 0 spiro atoms. The maximum Gasteiger partial charge on any atom is 0.408 e. The molecule has 0 radical (unpaired) electrons. The number of hydrazine groups is 1. The Morgan fingerprint density at radius 1 is 0.816 bits per heavy atom. The number of carboxylic acids is 2. The second-order valence-electron chi connectivity index (χ2n) is 11.0. The number of ether oxygens (including phenoxy) is 2. The van der Waals surface area contributed by atoms with E-state index < -0.39 is 91.2 Å². The molecule has 1 aromatic carbocycles. The number of carbonyl (C=O) groups is 8. The molecule has 0 heterocycles. The van der Waals surface area contributed by atoms with Crippen LogP contribution >= 0.6 is 0 Å². The Morgan fingerprint density at radius 3 is 2.00 bits per heavy atom. The number of amides is 5. The lowest BCUT2D eigenvalue weighted by Crippen LogP contribution is -2.61. The predicted molar refractivity (Wildman–Crippen MR) is 169 cm³/mol. The number of benzene rings is 1. The SMILES string of the molecule is CCOC(=O)/C=C\C(=O)N(CC(=O)O)NC(=O)C(NC(=O)C(CCC(=O)O)NC(=O)C(CC(C)C)NC(=O)OCc1ccccc1)C(C)O. The first kappa shape index (κ1) is 41.5. The van der Waals surface area contributed by atoms with E-state index in [1.165, 1.54) is 6.92 Å². The molecule has 0 aliphatic carbocycles. The average Bonchev–Trinajstić information content (AvgIpc) is 3.02. The minimum absolute atomic E-state index is 0.00713. The number of hydrogen-bond donors (Lipinski definition) is 7. The van der Waals surface area contributed by atoms with Gasteiger partial charge in [-0.05, 0) is 38.2 Å². The summed E-state index contributed by atoms with van der Waals surface area (Å²) in [6.07, 6.45) is -2.26. The number of alkyl carbamates (subject to hydrolysis) is 1. The largest absolute Gasteiger partial charge is 0.481 e. The van der Waals surface area contributed by atoms with Gasteiger partial charge >= 0.3 is 24.0 Å². The van der Waals surface area contributed by atoms with Gasteiger partial charge in [-0.2, -0.15) is 0 Å². The van der Waals surface area contributed by atoms with Crippen molar-refractivity contribution in [1.82, 2.24) is 26.4 Å². The fraction of sp³-hybridized carbons (Fsp3) is 0.484. The highest BCUT2D eigenvalue weighted by atomic mass is 16.5. The van der Waals surface area contributed by atoms with Gasteiger partial charge < -0.3 is 40.7 Å². The summed E-state index contributed by atoms with van der Waals surface area (Å²) in [6, 6.07) is 4.05. The van der Waals surface area contributed by atoms with Crippen molar-refractivity contribution in [3.63, 3.8) is 0 Å². The van der Waals surface area contributed by atoms with E-state index in [9.17, 15) is 53.7 Å².